The summed E-state index contributed by atoms with van der Waals surface area (Å²) < 4.78 is 5.60. The molecule has 0 unspecified atom stereocenters. The number of hydrogen-bond donors (Lipinski definition) is 2. The van der Waals surface area contributed by atoms with Crippen LogP contribution in [0.5, 0.6) is 5.75 Å². The number of ether oxygens (including phenoxy) is 1. The van der Waals surface area contributed by atoms with Gasteiger partial charge < -0.3 is 15.4 Å². The van der Waals surface area contributed by atoms with Gasteiger partial charge in [-0.2, -0.15) is 0 Å². The molecule has 4 heteroatoms. The second kappa shape index (κ2) is 7.02. The minimum absolute atomic E-state index is 0.0126. The van der Waals surface area contributed by atoms with Crippen molar-refractivity contribution in [2.24, 2.45) is 4.99 Å². The monoisotopic (exact) mass is 263 g/mol. The van der Waals surface area contributed by atoms with Gasteiger partial charge >= 0.3 is 0 Å². The van der Waals surface area contributed by atoms with E-state index in [0.717, 1.165) is 17.3 Å². The molecular formula is C15H25N3O. The molecule has 0 aromatic heterocycles. The largest absolute Gasteiger partial charge is 0.494 e. The number of para-hydroxylation sites is 1. The van der Waals surface area contributed by atoms with Crippen LogP contribution in [-0.4, -0.2) is 25.2 Å². The highest BCUT2D eigenvalue weighted by Gasteiger charge is 2.12. The first-order valence-electron chi connectivity index (χ1n) is 6.66. The van der Waals surface area contributed by atoms with Crippen LogP contribution in [-0.2, 0) is 6.54 Å². The number of rotatable bonds is 4. The van der Waals surface area contributed by atoms with Crippen molar-refractivity contribution in [2.75, 3.05) is 13.7 Å². The van der Waals surface area contributed by atoms with Gasteiger partial charge in [0.15, 0.2) is 5.96 Å². The van der Waals surface area contributed by atoms with Crippen LogP contribution in [0.4, 0.5) is 0 Å². The summed E-state index contributed by atoms with van der Waals surface area (Å²) in [6.45, 7) is 9.66. The highest BCUT2D eigenvalue weighted by atomic mass is 16.5. The Hall–Kier alpha value is -1.71. The van der Waals surface area contributed by atoms with Gasteiger partial charge in [-0.25, -0.2) is 0 Å². The Morgan fingerprint density at radius 3 is 2.53 bits per heavy atom. The van der Waals surface area contributed by atoms with Crippen LogP contribution in [0, 0.1) is 0 Å². The fourth-order valence-electron chi connectivity index (χ4n) is 1.66. The third kappa shape index (κ3) is 5.64. The summed E-state index contributed by atoms with van der Waals surface area (Å²) in [5, 5.41) is 6.63. The van der Waals surface area contributed by atoms with E-state index in [4.69, 9.17) is 4.74 Å². The van der Waals surface area contributed by atoms with Gasteiger partial charge in [0.25, 0.3) is 0 Å². The average Bonchev–Trinajstić information content (AvgIpc) is 2.35. The molecule has 1 rings (SSSR count). The second-order valence-corrected chi connectivity index (χ2v) is 5.34. The maximum Gasteiger partial charge on any atom is 0.191 e. The van der Waals surface area contributed by atoms with E-state index in [0.29, 0.717) is 13.2 Å². The first kappa shape index (κ1) is 15.3. The lowest BCUT2D eigenvalue weighted by Gasteiger charge is -2.24. The summed E-state index contributed by atoms with van der Waals surface area (Å²) in [5.41, 5.74) is 1.11. The summed E-state index contributed by atoms with van der Waals surface area (Å²) >= 11 is 0. The van der Waals surface area contributed by atoms with Crippen LogP contribution < -0.4 is 15.4 Å². The molecule has 1 aromatic rings. The number of nitrogens with one attached hydrogen (secondary N) is 2. The van der Waals surface area contributed by atoms with Crippen LogP contribution in [0.15, 0.2) is 29.3 Å². The number of nitrogens with zero attached hydrogens (tertiary/aromatic N) is 1. The summed E-state index contributed by atoms with van der Waals surface area (Å²) in [4.78, 5) is 4.22. The van der Waals surface area contributed by atoms with E-state index in [1.807, 2.05) is 25.1 Å². The molecule has 2 N–H and O–H groups in total. The molecule has 0 radical (unpaired) electrons. The lowest BCUT2D eigenvalue weighted by Crippen LogP contribution is -2.47. The third-order valence-electron chi connectivity index (χ3n) is 2.44. The van der Waals surface area contributed by atoms with Gasteiger partial charge in [-0.05, 0) is 33.8 Å². The minimum Gasteiger partial charge on any atom is -0.494 e. The van der Waals surface area contributed by atoms with Gasteiger partial charge in [0, 0.05) is 24.7 Å². The lowest BCUT2D eigenvalue weighted by molar-refractivity contribution is 0.336. The number of benzene rings is 1. The molecule has 0 saturated heterocycles. The molecule has 0 spiro atoms. The topological polar surface area (TPSA) is 45.6 Å². The molecule has 0 bridgehead atoms. The van der Waals surface area contributed by atoms with Crippen molar-refractivity contribution in [3.63, 3.8) is 0 Å². The average molecular weight is 263 g/mol. The van der Waals surface area contributed by atoms with E-state index in [-0.39, 0.29) is 5.54 Å². The van der Waals surface area contributed by atoms with E-state index >= 15 is 0 Å². The van der Waals surface area contributed by atoms with E-state index in [1.165, 1.54) is 0 Å². The maximum absolute atomic E-state index is 5.60. The summed E-state index contributed by atoms with van der Waals surface area (Å²) in [5.74, 6) is 1.71. The van der Waals surface area contributed by atoms with Crippen molar-refractivity contribution < 1.29 is 4.74 Å². The molecule has 0 aliphatic rings. The van der Waals surface area contributed by atoms with Gasteiger partial charge in [0.05, 0.1) is 6.61 Å². The quantitative estimate of drug-likeness (QED) is 0.648. The van der Waals surface area contributed by atoms with E-state index < -0.39 is 0 Å². The van der Waals surface area contributed by atoms with Crippen LogP contribution in [0.25, 0.3) is 0 Å². The summed E-state index contributed by atoms with van der Waals surface area (Å²) in [6, 6.07) is 8.04. The van der Waals surface area contributed by atoms with Gasteiger partial charge in [-0.3, -0.25) is 4.99 Å². The highest BCUT2D eigenvalue weighted by Crippen LogP contribution is 2.17. The Morgan fingerprint density at radius 2 is 1.95 bits per heavy atom. The second-order valence-electron chi connectivity index (χ2n) is 5.34. The molecule has 106 valence electrons. The van der Waals surface area contributed by atoms with Crippen LogP contribution in [0.3, 0.4) is 0 Å². The molecule has 0 aliphatic carbocycles. The number of aliphatic imine (C=N–C) groups is 1. The molecular weight excluding hydrogens is 238 g/mol. The Kier molecular flexibility index (Phi) is 5.67. The van der Waals surface area contributed by atoms with E-state index in [9.17, 15) is 0 Å². The molecule has 0 heterocycles. The van der Waals surface area contributed by atoms with Gasteiger partial charge in [-0.1, -0.05) is 18.2 Å². The normalized spacial score (nSPS) is 12.2. The minimum atomic E-state index is -0.0126. The fourth-order valence-corrected chi connectivity index (χ4v) is 1.66. The molecule has 0 amide bonds. The van der Waals surface area contributed by atoms with Crippen molar-refractivity contribution in [3.05, 3.63) is 29.8 Å². The predicted octanol–water partition coefficient (Wildman–Crippen LogP) is 2.55. The van der Waals surface area contributed by atoms with E-state index in [1.54, 1.807) is 7.05 Å². The molecule has 19 heavy (non-hydrogen) atoms. The third-order valence-corrected chi connectivity index (χ3v) is 2.44. The predicted molar refractivity (Wildman–Crippen MR) is 80.7 cm³/mol. The van der Waals surface area contributed by atoms with Crippen molar-refractivity contribution in [1.82, 2.24) is 10.6 Å². The molecule has 0 saturated carbocycles. The van der Waals surface area contributed by atoms with Gasteiger partial charge in [0.2, 0.25) is 0 Å². The van der Waals surface area contributed by atoms with Crippen molar-refractivity contribution in [2.45, 2.75) is 39.8 Å². The Balaban J connectivity index is 2.65. The molecule has 0 atom stereocenters. The van der Waals surface area contributed by atoms with Crippen LogP contribution >= 0.6 is 0 Å². The molecule has 0 aliphatic heterocycles. The smallest absolute Gasteiger partial charge is 0.191 e. The Labute approximate surface area is 116 Å². The Bertz CT molecular complexity index is 422. The maximum atomic E-state index is 5.60. The lowest BCUT2D eigenvalue weighted by atomic mass is 10.1. The first-order valence-corrected chi connectivity index (χ1v) is 6.66. The van der Waals surface area contributed by atoms with Crippen LogP contribution in [0.1, 0.15) is 33.3 Å². The molecule has 0 fully saturated rings. The highest BCUT2D eigenvalue weighted by molar-refractivity contribution is 5.80. The first-order chi connectivity index (χ1) is 8.96. The van der Waals surface area contributed by atoms with E-state index in [2.05, 4.69) is 42.5 Å². The van der Waals surface area contributed by atoms with Crippen molar-refractivity contribution in [3.8, 4) is 5.75 Å². The fraction of sp³-hybridized carbons (Fsp3) is 0.533. The zero-order valence-corrected chi connectivity index (χ0v) is 12.6. The standard InChI is InChI=1S/C15H25N3O/c1-6-19-13-10-8-7-9-12(13)11-17-14(16-5)18-15(2,3)4/h7-10H,6,11H2,1-5H3,(H2,16,17,18). The SMILES string of the molecule is CCOc1ccccc1CNC(=NC)NC(C)(C)C. The van der Waals surface area contributed by atoms with Gasteiger partial charge in [-0.15, -0.1) is 0 Å². The zero-order valence-electron chi connectivity index (χ0n) is 12.6. The molecule has 4 nitrogen and oxygen atoms in total. The summed E-state index contributed by atoms with van der Waals surface area (Å²) in [7, 11) is 1.77. The summed E-state index contributed by atoms with van der Waals surface area (Å²) in [6.07, 6.45) is 0. The van der Waals surface area contributed by atoms with Crippen molar-refractivity contribution >= 4 is 5.96 Å². The number of hydrogen-bond acceptors (Lipinski definition) is 2. The number of guanidine groups is 1. The molecule has 1 aromatic carbocycles. The Morgan fingerprint density at radius 1 is 1.26 bits per heavy atom. The van der Waals surface area contributed by atoms with Crippen molar-refractivity contribution in [1.29, 1.82) is 0 Å². The zero-order chi connectivity index (χ0) is 14.3. The van der Waals surface area contributed by atoms with Crippen LogP contribution in [0.2, 0.25) is 0 Å². The van der Waals surface area contributed by atoms with Gasteiger partial charge in [0.1, 0.15) is 5.75 Å².